The van der Waals surface area contributed by atoms with Gasteiger partial charge in [-0.2, -0.15) is 0 Å². The molecule has 2 rings (SSSR count). The van der Waals surface area contributed by atoms with Gasteiger partial charge in [0.05, 0.1) is 0 Å². The number of hydrogen-bond donors (Lipinski definition) is 1. The summed E-state index contributed by atoms with van der Waals surface area (Å²) in [4.78, 5) is 14.0. The van der Waals surface area contributed by atoms with Gasteiger partial charge in [0.1, 0.15) is 0 Å². The minimum atomic E-state index is -0.0502. The lowest BCUT2D eigenvalue weighted by molar-refractivity contribution is 1.27. The van der Waals surface area contributed by atoms with E-state index in [1.165, 1.54) is 5.56 Å². The van der Waals surface area contributed by atoms with E-state index < -0.39 is 0 Å². The van der Waals surface area contributed by atoms with Crippen LogP contribution in [-0.2, 0) is 0 Å². The Hall–Kier alpha value is -1.09. The van der Waals surface area contributed by atoms with Crippen molar-refractivity contribution in [1.29, 1.82) is 0 Å². The number of aromatic amines is 1. The maximum Gasteiger partial charge on any atom is 0.248 e. The van der Waals surface area contributed by atoms with Gasteiger partial charge in [0.15, 0.2) is 0 Å². The summed E-state index contributed by atoms with van der Waals surface area (Å²) in [5, 5.41) is 1.10. The van der Waals surface area contributed by atoms with Gasteiger partial charge in [0, 0.05) is 21.4 Å². The van der Waals surface area contributed by atoms with Crippen molar-refractivity contribution in [2.45, 2.75) is 13.8 Å². The van der Waals surface area contributed by atoms with Crippen LogP contribution in [0, 0.1) is 13.8 Å². The van der Waals surface area contributed by atoms with Gasteiger partial charge in [0.25, 0.3) is 0 Å². The average molecular weight is 252 g/mol. The van der Waals surface area contributed by atoms with Crippen LogP contribution in [0.4, 0.5) is 0 Å². The van der Waals surface area contributed by atoms with Crippen molar-refractivity contribution in [3.63, 3.8) is 0 Å². The van der Waals surface area contributed by atoms with Crippen LogP contribution in [0.15, 0.2) is 27.5 Å². The normalized spacial score (nSPS) is 10.8. The van der Waals surface area contributed by atoms with E-state index in [1.807, 2.05) is 19.9 Å². The summed E-state index contributed by atoms with van der Waals surface area (Å²) >= 11 is 3.44. The molecule has 0 aliphatic carbocycles. The molecule has 0 fully saturated rings. The predicted molar refractivity (Wildman–Crippen MR) is 61.7 cm³/mol. The van der Waals surface area contributed by atoms with Crippen LogP contribution >= 0.6 is 15.9 Å². The number of hydrogen-bond acceptors (Lipinski definition) is 1. The Morgan fingerprint density at radius 2 is 1.86 bits per heavy atom. The van der Waals surface area contributed by atoms with Crippen LogP contribution in [0.2, 0.25) is 0 Å². The number of halogens is 1. The van der Waals surface area contributed by atoms with E-state index in [1.54, 1.807) is 6.07 Å². The fourth-order valence-electron chi connectivity index (χ4n) is 1.55. The SMILES string of the molecule is Cc1cc2c(C)cc(=O)[nH]c2cc1Br. The molecule has 1 N–H and O–H groups in total. The van der Waals surface area contributed by atoms with Crippen molar-refractivity contribution in [2.24, 2.45) is 0 Å². The molecule has 0 aliphatic heterocycles. The standard InChI is InChI=1S/C11H10BrNO/c1-6-4-11(14)13-10-5-9(12)7(2)3-8(6)10/h3-5H,1-2H3,(H,13,14). The van der Waals surface area contributed by atoms with Crippen molar-refractivity contribution in [2.75, 3.05) is 0 Å². The zero-order chi connectivity index (χ0) is 10.3. The van der Waals surface area contributed by atoms with Gasteiger partial charge in [-0.05, 0) is 37.1 Å². The molecule has 0 bridgehead atoms. The summed E-state index contributed by atoms with van der Waals surface area (Å²) in [5.74, 6) is 0. The zero-order valence-corrected chi connectivity index (χ0v) is 9.60. The first-order valence-corrected chi connectivity index (χ1v) is 5.17. The third-order valence-corrected chi connectivity index (χ3v) is 3.18. The average Bonchev–Trinajstić information content (AvgIpc) is 2.08. The summed E-state index contributed by atoms with van der Waals surface area (Å²) in [7, 11) is 0. The molecule has 3 heteroatoms. The molecule has 72 valence electrons. The molecule has 1 aromatic carbocycles. The van der Waals surface area contributed by atoms with Gasteiger partial charge in [0.2, 0.25) is 5.56 Å². The van der Waals surface area contributed by atoms with Crippen LogP contribution < -0.4 is 5.56 Å². The van der Waals surface area contributed by atoms with E-state index in [0.717, 1.165) is 20.9 Å². The van der Waals surface area contributed by atoms with Crippen molar-refractivity contribution >= 4 is 26.8 Å². The van der Waals surface area contributed by atoms with E-state index in [2.05, 4.69) is 27.0 Å². The van der Waals surface area contributed by atoms with Crippen molar-refractivity contribution in [1.82, 2.24) is 4.98 Å². The van der Waals surface area contributed by atoms with Crippen molar-refractivity contribution in [3.8, 4) is 0 Å². The largest absolute Gasteiger partial charge is 0.322 e. The summed E-state index contributed by atoms with van der Waals surface area (Å²) < 4.78 is 1.02. The molecule has 0 radical (unpaired) electrons. The van der Waals surface area contributed by atoms with E-state index in [9.17, 15) is 4.79 Å². The summed E-state index contributed by atoms with van der Waals surface area (Å²) in [6, 6.07) is 5.64. The second kappa shape index (κ2) is 3.24. The number of rotatable bonds is 0. The van der Waals surface area contributed by atoms with Crippen LogP contribution in [0.5, 0.6) is 0 Å². The third-order valence-electron chi connectivity index (χ3n) is 2.33. The quantitative estimate of drug-likeness (QED) is 0.768. The molecule has 2 nitrogen and oxygen atoms in total. The summed E-state index contributed by atoms with van der Waals surface area (Å²) in [6.45, 7) is 3.99. The molecule has 0 aliphatic rings. The molecule has 0 saturated heterocycles. The number of nitrogens with one attached hydrogen (secondary N) is 1. The van der Waals surface area contributed by atoms with Gasteiger partial charge in [-0.25, -0.2) is 0 Å². The Morgan fingerprint density at radius 1 is 1.14 bits per heavy atom. The Morgan fingerprint density at radius 3 is 2.57 bits per heavy atom. The first kappa shape index (κ1) is 9.46. The first-order valence-electron chi connectivity index (χ1n) is 4.38. The fourth-order valence-corrected chi connectivity index (χ4v) is 1.90. The molecular formula is C11H10BrNO. The summed E-state index contributed by atoms with van der Waals surface area (Å²) in [5.41, 5.74) is 3.02. The minimum Gasteiger partial charge on any atom is -0.322 e. The number of H-pyrrole nitrogens is 1. The molecule has 0 saturated carbocycles. The molecule has 2 aromatic rings. The van der Waals surface area contributed by atoms with Crippen LogP contribution in [0.3, 0.4) is 0 Å². The number of benzene rings is 1. The number of fused-ring (bicyclic) bond motifs is 1. The van der Waals surface area contributed by atoms with E-state index >= 15 is 0 Å². The first-order chi connectivity index (χ1) is 6.58. The van der Waals surface area contributed by atoms with E-state index in [0.29, 0.717) is 0 Å². The number of aromatic nitrogens is 1. The second-order valence-electron chi connectivity index (χ2n) is 3.46. The lowest BCUT2D eigenvalue weighted by atomic mass is 10.1. The van der Waals surface area contributed by atoms with E-state index in [-0.39, 0.29) is 5.56 Å². The third kappa shape index (κ3) is 1.48. The lowest BCUT2D eigenvalue weighted by Gasteiger charge is -2.04. The smallest absolute Gasteiger partial charge is 0.248 e. The molecule has 1 heterocycles. The zero-order valence-electron chi connectivity index (χ0n) is 8.02. The predicted octanol–water partition coefficient (Wildman–Crippen LogP) is 2.91. The Bertz CT molecular complexity index is 557. The highest BCUT2D eigenvalue weighted by Gasteiger charge is 2.02. The maximum absolute atomic E-state index is 11.2. The second-order valence-corrected chi connectivity index (χ2v) is 4.32. The topological polar surface area (TPSA) is 32.9 Å². The van der Waals surface area contributed by atoms with Gasteiger partial charge in [-0.1, -0.05) is 15.9 Å². The summed E-state index contributed by atoms with van der Waals surface area (Å²) in [6.07, 6.45) is 0. The number of pyridine rings is 1. The molecule has 0 spiro atoms. The van der Waals surface area contributed by atoms with Crippen molar-refractivity contribution < 1.29 is 0 Å². The molecule has 1 aromatic heterocycles. The highest BCUT2D eigenvalue weighted by atomic mass is 79.9. The monoisotopic (exact) mass is 251 g/mol. The fraction of sp³-hybridized carbons (Fsp3) is 0.182. The van der Waals surface area contributed by atoms with Gasteiger partial charge < -0.3 is 4.98 Å². The maximum atomic E-state index is 11.2. The molecular weight excluding hydrogens is 242 g/mol. The van der Waals surface area contributed by atoms with Crippen LogP contribution in [0.1, 0.15) is 11.1 Å². The minimum absolute atomic E-state index is 0.0502. The Kier molecular flexibility index (Phi) is 2.19. The Labute approximate surface area is 90.1 Å². The highest BCUT2D eigenvalue weighted by Crippen LogP contribution is 2.23. The Balaban J connectivity index is 2.96. The molecule has 0 atom stereocenters. The van der Waals surface area contributed by atoms with Gasteiger partial charge >= 0.3 is 0 Å². The van der Waals surface area contributed by atoms with E-state index in [4.69, 9.17) is 0 Å². The molecule has 0 amide bonds. The van der Waals surface area contributed by atoms with Crippen molar-refractivity contribution in [3.05, 3.63) is 44.2 Å². The van der Waals surface area contributed by atoms with Gasteiger partial charge in [-0.15, -0.1) is 0 Å². The number of aryl methyl sites for hydroxylation is 2. The van der Waals surface area contributed by atoms with Gasteiger partial charge in [-0.3, -0.25) is 4.79 Å². The van der Waals surface area contributed by atoms with Crippen LogP contribution in [0.25, 0.3) is 10.9 Å². The molecule has 14 heavy (non-hydrogen) atoms. The van der Waals surface area contributed by atoms with Crippen LogP contribution in [-0.4, -0.2) is 4.98 Å². The lowest BCUT2D eigenvalue weighted by Crippen LogP contribution is -2.04. The molecule has 0 unspecified atom stereocenters. The highest BCUT2D eigenvalue weighted by molar-refractivity contribution is 9.10.